The van der Waals surface area contributed by atoms with Crippen LogP contribution in [0.15, 0.2) is 48.5 Å². The number of ether oxygens (including phenoxy) is 2. The van der Waals surface area contributed by atoms with Crippen molar-refractivity contribution in [1.29, 1.82) is 0 Å². The molecule has 0 N–H and O–H groups in total. The largest absolute Gasteiger partial charge is 0.462 e. The number of para-hydroxylation sites is 1. The molecular formula is C18H13F3N2O3. The Morgan fingerprint density at radius 3 is 2.46 bits per heavy atom. The quantitative estimate of drug-likeness (QED) is 0.634. The van der Waals surface area contributed by atoms with Gasteiger partial charge in [0.25, 0.3) is 0 Å². The highest BCUT2D eigenvalue weighted by Crippen LogP contribution is 2.33. The number of halogens is 3. The summed E-state index contributed by atoms with van der Waals surface area (Å²) in [4.78, 5) is 19.4. The molecule has 0 radical (unpaired) electrons. The second-order valence-electron chi connectivity index (χ2n) is 5.21. The Labute approximate surface area is 146 Å². The van der Waals surface area contributed by atoms with Crippen LogP contribution >= 0.6 is 0 Å². The van der Waals surface area contributed by atoms with E-state index in [1.54, 1.807) is 30.3 Å². The summed E-state index contributed by atoms with van der Waals surface area (Å²) in [6.45, 7) is 1.46. The first-order chi connectivity index (χ1) is 12.4. The lowest BCUT2D eigenvalue weighted by molar-refractivity contribution is -0.141. The van der Waals surface area contributed by atoms with Crippen molar-refractivity contribution in [3.8, 4) is 11.6 Å². The van der Waals surface area contributed by atoms with E-state index in [0.717, 1.165) is 6.07 Å². The fraction of sp³-hybridized carbons (Fsp3) is 0.167. The summed E-state index contributed by atoms with van der Waals surface area (Å²) in [6.07, 6.45) is -4.83. The molecule has 26 heavy (non-hydrogen) atoms. The molecule has 0 saturated heterocycles. The summed E-state index contributed by atoms with van der Waals surface area (Å²) < 4.78 is 50.1. The van der Waals surface area contributed by atoms with Crippen LogP contribution in [0.25, 0.3) is 11.0 Å². The van der Waals surface area contributed by atoms with E-state index in [4.69, 9.17) is 9.47 Å². The molecule has 134 valence electrons. The van der Waals surface area contributed by atoms with Crippen LogP contribution in [0.2, 0.25) is 0 Å². The predicted molar refractivity (Wildman–Crippen MR) is 87.0 cm³/mol. The van der Waals surface area contributed by atoms with Crippen LogP contribution < -0.4 is 4.74 Å². The van der Waals surface area contributed by atoms with Gasteiger partial charge in [-0.05, 0) is 31.2 Å². The molecule has 8 heteroatoms. The van der Waals surface area contributed by atoms with Crippen molar-refractivity contribution in [1.82, 2.24) is 9.97 Å². The minimum Gasteiger partial charge on any atom is -0.462 e. The Bertz CT molecular complexity index is 944. The van der Waals surface area contributed by atoms with Crippen LogP contribution in [0.4, 0.5) is 13.2 Å². The van der Waals surface area contributed by atoms with E-state index in [-0.39, 0.29) is 23.5 Å². The number of carbonyl (C=O) groups excluding carboxylic acids is 1. The number of hydrogen-bond donors (Lipinski definition) is 0. The molecule has 0 spiro atoms. The summed E-state index contributed by atoms with van der Waals surface area (Å²) in [5, 5.41) is 0.265. The summed E-state index contributed by atoms with van der Waals surface area (Å²) in [5.41, 5.74) is -2.17. The Morgan fingerprint density at radius 1 is 1.08 bits per heavy atom. The predicted octanol–water partition coefficient (Wildman–Crippen LogP) is 4.62. The Balaban J connectivity index is 2.06. The second-order valence-corrected chi connectivity index (χ2v) is 5.21. The van der Waals surface area contributed by atoms with Crippen LogP contribution in [-0.4, -0.2) is 22.5 Å². The number of carbonyl (C=O) groups is 1. The first-order valence-electron chi connectivity index (χ1n) is 7.67. The lowest BCUT2D eigenvalue weighted by atomic mass is 10.1. The lowest BCUT2D eigenvalue weighted by Gasteiger charge is -2.12. The van der Waals surface area contributed by atoms with Crippen molar-refractivity contribution in [3.05, 3.63) is 59.8 Å². The smallest absolute Gasteiger partial charge is 0.434 e. The highest BCUT2D eigenvalue weighted by atomic mass is 19.4. The highest BCUT2D eigenvalue weighted by molar-refractivity contribution is 5.94. The van der Waals surface area contributed by atoms with Crippen LogP contribution in [0.5, 0.6) is 11.6 Å². The van der Waals surface area contributed by atoms with Gasteiger partial charge in [0, 0.05) is 11.5 Å². The van der Waals surface area contributed by atoms with Crippen molar-refractivity contribution >= 4 is 17.0 Å². The van der Waals surface area contributed by atoms with Gasteiger partial charge in [-0.2, -0.15) is 18.2 Å². The van der Waals surface area contributed by atoms with Crippen LogP contribution in [-0.2, 0) is 10.9 Å². The molecule has 5 nitrogen and oxygen atoms in total. The molecular weight excluding hydrogens is 349 g/mol. The molecule has 1 aromatic carbocycles. The monoisotopic (exact) mass is 362 g/mol. The Morgan fingerprint density at radius 2 is 1.81 bits per heavy atom. The van der Waals surface area contributed by atoms with Gasteiger partial charge in [-0.1, -0.05) is 18.2 Å². The zero-order valence-corrected chi connectivity index (χ0v) is 13.6. The molecule has 0 aliphatic carbocycles. The highest BCUT2D eigenvalue weighted by Gasteiger charge is 2.38. The first kappa shape index (κ1) is 17.7. The number of alkyl halides is 3. The number of pyridine rings is 2. The molecule has 0 amide bonds. The van der Waals surface area contributed by atoms with Gasteiger partial charge in [0.1, 0.15) is 5.75 Å². The van der Waals surface area contributed by atoms with E-state index in [2.05, 4.69) is 9.97 Å². The van der Waals surface area contributed by atoms with Gasteiger partial charge < -0.3 is 9.47 Å². The maximum Gasteiger partial charge on any atom is 0.434 e. The standard InChI is InChI=1S/C18H13F3N2O3/c1-2-25-17(24)13-10-11-8-9-14(26-12-6-4-3-5-7-12)22-16(11)23-15(13)18(19,20)21/h3-10H,2H2,1H3. The molecule has 3 aromatic rings. The summed E-state index contributed by atoms with van der Waals surface area (Å²) in [6, 6.07) is 12.7. The zero-order chi connectivity index (χ0) is 18.7. The van der Waals surface area contributed by atoms with E-state index in [0.29, 0.717) is 5.75 Å². The van der Waals surface area contributed by atoms with Crippen LogP contribution in [0.3, 0.4) is 0 Å². The minimum atomic E-state index is -4.83. The van der Waals surface area contributed by atoms with Crippen molar-refractivity contribution in [3.63, 3.8) is 0 Å². The molecule has 0 unspecified atom stereocenters. The number of benzene rings is 1. The van der Waals surface area contributed by atoms with Gasteiger partial charge in [0.05, 0.1) is 12.2 Å². The lowest BCUT2D eigenvalue weighted by Crippen LogP contribution is -2.17. The molecule has 2 aromatic heterocycles. The summed E-state index contributed by atoms with van der Waals surface area (Å²) in [5.74, 6) is -0.509. The van der Waals surface area contributed by atoms with Crippen molar-refractivity contribution < 1.29 is 27.4 Å². The third kappa shape index (κ3) is 3.74. The van der Waals surface area contributed by atoms with E-state index in [9.17, 15) is 18.0 Å². The molecule has 0 aliphatic rings. The fourth-order valence-corrected chi connectivity index (χ4v) is 2.28. The van der Waals surface area contributed by atoms with Crippen LogP contribution in [0.1, 0.15) is 23.0 Å². The van der Waals surface area contributed by atoms with E-state index in [1.807, 2.05) is 0 Å². The maximum absolute atomic E-state index is 13.3. The van der Waals surface area contributed by atoms with E-state index in [1.165, 1.54) is 19.1 Å². The molecule has 0 fully saturated rings. The van der Waals surface area contributed by atoms with Gasteiger partial charge in [0.15, 0.2) is 11.3 Å². The minimum absolute atomic E-state index is 0.0454. The molecule has 0 atom stereocenters. The van der Waals surface area contributed by atoms with Gasteiger partial charge >= 0.3 is 12.1 Å². The maximum atomic E-state index is 13.3. The number of hydrogen-bond acceptors (Lipinski definition) is 5. The molecule has 0 bridgehead atoms. The van der Waals surface area contributed by atoms with Gasteiger partial charge in [-0.15, -0.1) is 0 Å². The molecule has 0 aliphatic heterocycles. The number of esters is 1. The summed E-state index contributed by atoms with van der Waals surface area (Å²) >= 11 is 0. The van der Waals surface area contributed by atoms with E-state index < -0.39 is 23.4 Å². The third-order valence-electron chi connectivity index (χ3n) is 3.38. The van der Waals surface area contributed by atoms with Gasteiger partial charge in [-0.3, -0.25) is 0 Å². The zero-order valence-electron chi connectivity index (χ0n) is 13.6. The topological polar surface area (TPSA) is 61.3 Å². The number of rotatable bonds is 4. The first-order valence-corrected chi connectivity index (χ1v) is 7.67. The van der Waals surface area contributed by atoms with Gasteiger partial charge in [-0.25, -0.2) is 9.78 Å². The second kappa shape index (κ2) is 6.99. The average Bonchev–Trinajstić information content (AvgIpc) is 2.61. The Kier molecular flexibility index (Phi) is 4.75. The number of fused-ring (bicyclic) bond motifs is 1. The van der Waals surface area contributed by atoms with Crippen LogP contribution in [0, 0.1) is 0 Å². The fourth-order valence-electron chi connectivity index (χ4n) is 2.28. The summed E-state index contributed by atoms with van der Waals surface area (Å²) in [7, 11) is 0. The van der Waals surface area contributed by atoms with E-state index >= 15 is 0 Å². The molecule has 0 saturated carbocycles. The SMILES string of the molecule is CCOC(=O)c1cc2ccc(Oc3ccccc3)nc2nc1C(F)(F)F. The van der Waals surface area contributed by atoms with Crippen molar-refractivity contribution in [2.24, 2.45) is 0 Å². The molecule has 2 heterocycles. The van der Waals surface area contributed by atoms with Gasteiger partial charge in [0.2, 0.25) is 5.88 Å². The number of nitrogens with zero attached hydrogens (tertiary/aromatic N) is 2. The van der Waals surface area contributed by atoms with Crippen molar-refractivity contribution in [2.45, 2.75) is 13.1 Å². The average molecular weight is 362 g/mol. The number of aromatic nitrogens is 2. The Hall–Kier alpha value is -3.16. The normalized spacial score (nSPS) is 11.4. The van der Waals surface area contributed by atoms with Crippen molar-refractivity contribution in [2.75, 3.05) is 6.61 Å². The third-order valence-corrected chi connectivity index (χ3v) is 3.38. The molecule has 3 rings (SSSR count).